The highest BCUT2D eigenvalue weighted by Crippen LogP contribution is 2.06. The first-order valence-corrected chi connectivity index (χ1v) is 3.31. The quantitative estimate of drug-likeness (QED) is 0.337. The Hall–Kier alpha value is -1.02. The maximum atomic E-state index is 10.7. The summed E-state index contributed by atoms with van der Waals surface area (Å²) >= 11 is 0. The summed E-state index contributed by atoms with van der Waals surface area (Å²) in [5.41, 5.74) is 7.89. The van der Waals surface area contributed by atoms with Crippen LogP contribution in [0.5, 0.6) is 0 Å². The number of carbonyl (C=O) groups is 1. The lowest BCUT2D eigenvalue weighted by molar-refractivity contribution is -0.121. The number of hydrogen-bond acceptors (Lipinski definition) is 1. The van der Waals surface area contributed by atoms with Gasteiger partial charge >= 0.3 is 0 Å². The minimum absolute atomic E-state index is 0.124. The molecule has 1 amide bonds. The van der Waals surface area contributed by atoms with E-state index in [0.717, 1.165) is 12.8 Å². The van der Waals surface area contributed by atoms with Crippen LogP contribution in [0.4, 0.5) is 0 Å². The van der Waals surface area contributed by atoms with E-state index in [4.69, 9.17) is 5.53 Å². The molecule has 0 aromatic heterocycles. The number of amides is 1. The second-order valence-electron chi connectivity index (χ2n) is 2.22. The molecule has 0 aromatic rings. The van der Waals surface area contributed by atoms with Crippen LogP contribution >= 0.6 is 0 Å². The van der Waals surface area contributed by atoms with E-state index in [0.29, 0.717) is 0 Å². The molecule has 0 rings (SSSR count). The predicted octanol–water partition coefficient (Wildman–Crippen LogP) is 2.26. The van der Waals surface area contributed by atoms with Crippen LogP contribution < -0.4 is 0 Å². The normalized spacial score (nSPS) is 11.8. The van der Waals surface area contributed by atoms with Gasteiger partial charge in [-0.3, -0.25) is 4.79 Å². The predicted molar refractivity (Wildman–Crippen MR) is 38.2 cm³/mol. The Labute approximate surface area is 59.9 Å². The van der Waals surface area contributed by atoms with Gasteiger partial charge in [-0.25, -0.2) is 0 Å². The van der Waals surface area contributed by atoms with Gasteiger partial charge in [0.15, 0.2) is 0 Å². The van der Waals surface area contributed by atoms with E-state index in [-0.39, 0.29) is 11.8 Å². The number of hydrogen-bond donors (Lipinski definition) is 0. The van der Waals surface area contributed by atoms with Crippen LogP contribution in [0.25, 0.3) is 10.4 Å². The molecule has 0 heterocycles. The molecule has 56 valence electrons. The largest absolute Gasteiger partial charge is 0.292 e. The molecule has 4 heteroatoms. The molecular formula is C6H11N3O. The van der Waals surface area contributed by atoms with Crippen molar-refractivity contribution < 1.29 is 4.79 Å². The Kier molecular flexibility index (Phi) is 4.33. The number of nitrogens with zero attached hydrogens (tertiary/aromatic N) is 3. The lowest BCUT2D eigenvalue weighted by Gasteiger charge is -2.01. The van der Waals surface area contributed by atoms with E-state index in [1.807, 2.05) is 6.92 Å². The molecule has 0 aliphatic carbocycles. The van der Waals surface area contributed by atoms with Crippen LogP contribution in [0, 0.1) is 5.92 Å². The highest BCUT2D eigenvalue weighted by atomic mass is 16.1. The Balaban J connectivity index is 3.81. The van der Waals surface area contributed by atoms with Crippen molar-refractivity contribution in [3.8, 4) is 0 Å². The summed E-state index contributed by atoms with van der Waals surface area (Å²) in [6.45, 7) is 3.75. The van der Waals surface area contributed by atoms with E-state index < -0.39 is 0 Å². The van der Waals surface area contributed by atoms with E-state index in [9.17, 15) is 4.79 Å². The highest BCUT2D eigenvalue weighted by Gasteiger charge is 2.08. The lowest BCUT2D eigenvalue weighted by Crippen LogP contribution is -2.05. The standard InChI is InChI=1S/C6H11N3O/c1-3-4-5(2)6(10)8-9-7/h5H,3-4H2,1-2H3. The minimum atomic E-state index is -0.357. The van der Waals surface area contributed by atoms with Crippen molar-refractivity contribution in [3.63, 3.8) is 0 Å². The summed E-state index contributed by atoms with van der Waals surface area (Å²) in [5.74, 6) is -0.481. The summed E-state index contributed by atoms with van der Waals surface area (Å²) in [4.78, 5) is 13.1. The average molecular weight is 141 g/mol. The van der Waals surface area contributed by atoms with Crippen LogP contribution in [0.1, 0.15) is 26.7 Å². The monoisotopic (exact) mass is 141 g/mol. The van der Waals surface area contributed by atoms with Crippen LogP contribution in [0.3, 0.4) is 0 Å². The Morgan fingerprint density at radius 2 is 2.40 bits per heavy atom. The zero-order valence-corrected chi connectivity index (χ0v) is 6.24. The maximum Gasteiger partial charge on any atom is 0.221 e. The molecule has 1 atom stereocenters. The first-order valence-electron chi connectivity index (χ1n) is 3.31. The fraction of sp³-hybridized carbons (Fsp3) is 0.833. The van der Waals surface area contributed by atoms with Gasteiger partial charge in [0.05, 0.1) is 0 Å². The maximum absolute atomic E-state index is 10.7. The van der Waals surface area contributed by atoms with E-state index in [1.54, 1.807) is 6.92 Å². The molecule has 1 unspecified atom stereocenters. The smallest absolute Gasteiger partial charge is 0.221 e. The van der Waals surface area contributed by atoms with Crippen molar-refractivity contribution in [2.24, 2.45) is 11.0 Å². The van der Waals surface area contributed by atoms with Crippen molar-refractivity contribution >= 4 is 5.91 Å². The fourth-order valence-electron chi connectivity index (χ4n) is 0.699. The van der Waals surface area contributed by atoms with E-state index >= 15 is 0 Å². The van der Waals surface area contributed by atoms with Crippen molar-refractivity contribution in [3.05, 3.63) is 10.4 Å². The molecule has 0 N–H and O–H groups in total. The molecule has 0 saturated carbocycles. The number of rotatable bonds is 3. The van der Waals surface area contributed by atoms with Gasteiger partial charge in [0, 0.05) is 10.8 Å². The molecule has 0 aromatic carbocycles. The van der Waals surface area contributed by atoms with Gasteiger partial charge in [0.2, 0.25) is 5.91 Å². The lowest BCUT2D eigenvalue weighted by atomic mass is 10.1. The fourth-order valence-corrected chi connectivity index (χ4v) is 0.699. The van der Waals surface area contributed by atoms with Gasteiger partial charge in [0.1, 0.15) is 0 Å². The molecule has 0 radical (unpaired) electrons. The second-order valence-corrected chi connectivity index (χ2v) is 2.22. The Bertz CT molecular complexity index is 160. The molecule has 0 aliphatic rings. The van der Waals surface area contributed by atoms with Crippen LogP contribution in [0.15, 0.2) is 5.11 Å². The van der Waals surface area contributed by atoms with Crippen molar-refractivity contribution in [1.29, 1.82) is 0 Å². The molecule has 0 bridgehead atoms. The molecule has 0 fully saturated rings. The van der Waals surface area contributed by atoms with Gasteiger partial charge < -0.3 is 0 Å². The van der Waals surface area contributed by atoms with E-state index in [2.05, 4.69) is 10.0 Å². The van der Waals surface area contributed by atoms with Crippen LogP contribution in [0.2, 0.25) is 0 Å². The molecule has 0 spiro atoms. The topological polar surface area (TPSA) is 65.8 Å². The third kappa shape index (κ3) is 3.10. The molecule has 4 nitrogen and oxygen atoms in total. The Morgan fingerprint density at radius 1 is 1.80 bits per heavy atom. The molecule has 0 saturated heterocycles. The van der Waals surface area contributed by atoms with Crippen molar-refractivity contribution in [1.82, 2.24) is 0 Å². The summed E-state index contributed by atoms with van der Waals surface area (Å²) in [6, 6.07) is 0. The summed E-state index contributed by atoms with van der Waals surface area (Å²) in [6.07, 6.45) is 1.73. The van der Waals surface area contributed by atoms with Gasteiger partial charge in [-0.1, -0.05) is 20.3 Å². The summed E-state index contributed by atoms with van der Waals surface area (Å²) < 4.78 is 0. The third-order valence-corrected chi connectivity index (χ3v) is 1.29. The average Bonchev–Trinajstić information content (AvgIpc) is 1.89. The Morgan fingerprint density at radius 3 is 2.80 bits per heavy atom. The molecular weight excluding hydrogens is 130 g/mol. The minimum Gasteiger partial charge on any atom is -0.292 e. The van der Waals surface area contributed by atoms with Crippen molar-refractivity contribution in [2.45, 2.75) is 26.7 Å². The molecule has 0 aliphatic heterocycles. The van der Waals surface area contributed by atoms with Gasteiger partial charge in [-0.05, 0) is 17.1 Å². The zero-order chi connectivity index (χ0) is 7.98. The van der Waals surface area contributed by atoms with Gasteiger partial charge in [-0.2, -0.15) is 0 Å². The molecule has 10 heavy (non-hydrogen) atoms. The second kappa shape index (κ2) is 4.82. The van der Waals surface area contributed by atoms with E-state index in [1.165, 1.54) is 0 Å². The highest BCUT2D eigenvalue weighted by molar-refractivity contribution is 5.78. The zero-order valence-electron chi connectivity index (χ0n) is 6.24. The van der Waals surface area contributed by atoms with Gasteiger partial charge in [-0.15, -0.1) is 0 Å². The number of azide groups is 1. The van der Waals surface area contributed by atoms with Gasteiger partial charge in [0.25, 0.3) is 0 Å². The summed E-state index contributed by atoms with van der Waals surface area (Å²) in [7, 11) is 0. The third-order valence-electron chi connectivity index (χ3n) is 1.29. The first-order chi connectivity index (χ1) is 4.72. The summed E-state index contributed by atoms with van der Waals surface area (Å²) in [5, 5.41) is 2.98. The van der Waals surface area contributed by atoms with Crippen molar-refractivity contribution in [2.75, 3.05) is 0 Å². The SMILES string of the molecule is CCCC(C)C(=O)N=[N+]=[N-]. The van der Waals surface area contributed by atoms with Crippen LogP contribution in [-0.4, -0.2) is 5.91 Å². The van der Waals surface area contributed by atoms with Crippen LogP contribution in [-0.2, 0) is 4.79 Å². The number of carbonyl (C=O) groups excluding carboxylic acids is 1. The first kappa shape index (κ1) is 8.98.